The molecule has 0 bridgehead atoms. The van der Waals surface area contributed by atoms with Crippen LogP contribution in [-0.4, -0.2) is 48.1 Å². The third kappa shape index (κ3) is 2.70. The quantitative estimate of drug-likeness (QED) is 0.643. The van der Waals surface area contributed by atoms with Gasteiger partial charge in [0.15, 0.2) is 0 Å². The van der Waals surface area contributed by atoms with Gasteiger partial charge in [-0.1, -0.05) is 6.92 Å². The SMILES string of the molecule is CCNCC(=O)N1CCC(C(=O)O)C1. The van der Waals surface area contributed by atoms with Crippen molar-refractivity contribution < 1.29 is 14.7 Å². The summed E-state index contributed by atoms with van der Waals surface area (Å²) >= 11 is 0. The molecular weight excluding hydrogens is 184 g/mol. The van der Waals surface area contributed by atoms with Gasteiger partial charge in [-0.15, -0.1) is 0 Å². The first-order chi connectivity index (χ1) is 6.65. The summed E-state index contributed by atoms with van der Waals surface area (Å²) in [5.41, 5.74) is 0. The summed E-state index contributed by atoms with van der Waals surface area (Å²) in [7, 11) is 0. The van der Waals surface area contributed by atoms with Crippen molar-refractivity contribution in [3.05, 3.63) is 0 Å². The van der Waals surface area contributed by atoms with Gasteiger partial charge in [-0.2, -0.15) is 0 Å². The molecule has 14 heavy (non-hydrogen) atoms. The Morgan fingerprint density at radius 1 is 1.57 bits per heavy atom. The van der Waals surface area contributed by atoms with E-state index < -0.39 is 5.97 Å². The van der Waals surface area contributed by atoms with Crippen molar-refractivity contribution in [1.29, 1.82) is 0 Å². The van der Waals surface area contributed by atoms with E-state index in [2.05, 4.69) is 5.32 Å². The van der Waals surface area contributed by atoms with E-state index in [4.69, 9.17) is 5.11 Å². The van der Waals surface area contributed by atoms with Crippen molar-refractivity contribution in [2.45, 2.75) is 13.3 Å². The number of rotatable bonds is 4. The Balaban J connectivity index is 2.34. The minimum atomic E-state index is -0.802. The lowest BCUT2D eigenvalue weighted by atomic mass is 10.1. The van der Waals surface area contributed by atoms with Crippen LogP contribution in [0, 0.1) is 5.92 Å². The van der Waals surface area contributed by atoms with Gasteiger partial charge in [0.1, 0.15) is 0 Å². The molecule has 1 unspecified atom stereocenters. The molecule has 1 atom stereocenters. The van der Waals surface area contributed by atoms with Gasteiger partial charge in [0.25, 0.3) is 0 Å². The predicted octanol–water partition coefficient (Wildman–Crippen LogP) is -0.471. The second-order valence-electron chi connectivity index (χ2n) is 3.44. The number of hydrogen-bond donors (Lipinski definition) is 2. The minimum Gasteiger partial charge on any atom is -0.481 e. The number of likely N-dealkylation sites (tertiary alicyclic amines) is 1. The highest BCUT2D eigenvalue weighted by Crippen LogP contribution is 2.15. The molecule has 0 aromatic rings. The van der Waals surface area contributed by atoms with Crippen molar-refractivity contribution in [3.63, 3.8) is 0 Å². The van der Waals surface area contributed by atoms with Crippen LogP contribution >= 0.6 is 0 Å². The molecular formula is C9H16N2O3. The highest BCUT2D eigenvalue weighted by Gasteiger charge is 2.30. The van der Waals surface area contributed by atoms with E-state index in [0.717, 1.165) is 6.54 Å². The summed E-state index contributed by atoms with van der Waals surface area (Å²) in [5.74, 6) is -1.18. The lowest BCUT2D eigenvalue weighted by Crippen LogP contribution is -2.37. The van der Waals surface area contributed by atoms with Crippen LogP contribution in [0.1, 0.15) is 13.3 Å². The number of carboxylic acids is 1. The molecule has 1 heterocycles. The zero-order valence-corrected chi connectivity index (χ0v) is 8.32. The van der Waals surface area contributed by atoms with Crippen molar-refractivity contribution in [2.75, 3.05) is 26.2 Å². The van der Waals surface area contributed by atoms with E-state index >= 15 is 0 Å². The van der Waals surface area contributed by atoms with Crippen LogP contribution in [0.2, 0.25) is 0 Å². The van der Waals surface area contributed by atoms with Gasteiger partial charge in [0, 0.05) is 13.1 Å². The second kappa shape index (κ2) is 4.95. The fourth-order valence-corrected chi connectivity index (χ4v) is 1.53. The number of nitrogens with one attached hydrogen (secondary N) is 1. The maximum Gasteiger partial charge on any atom is 0.308 e. The monoisotopic (exact) mass is 200 g/mol. The number of aliphatic carboxylic acids is 1. The number of nitrogens with zero attached hydrogens (tertiary/aromatic N) is 1. The Morgan fingerprint density at radius 3 is 2.79 bits per heavy atom. The van der Waals surface area contributed by atoms with Gasteiger partial charge in [-0.25, -0.2) is 0 Å². The second-order valence-corrected chi connectivity index (χ2v) is 3.44. The Morgan fingerprint density at radius 2 is 2.29 bits per heavy atom. The minimum absolute atomic E-state index is 0.00407. The van der Waals surface area contributed by atoms with Crippen molar-refractivity contribution in [3.8, 4) is 0 Å². The smallest absolute Gasteiger partial charge is 0.308 e. The van der Waals surface area contributed by atoms with Gasteiger partial charge >= 0.3 is 5.97 Å². The molecule has 1 saturated heterocycles. The van der Waals surface area contributed by atoms with Crippen molar-refractivity contribution in [2.24, 2.45) is 5.92 Å². The maximum absolute atomic E-state index is 11.4. The largest absolute Gasteiger partial charge is 0.481 e. The average Bonchev–Trinajstić information content (AvgIpc) is 2.62. The Hall–Kier alpha value is -1.10. The normalized spacial score (nSPS) is 21.2. The average molecular weight is 200 g/mol. The molecule has 1 aliphatic heterocycles. The molecule has 0 radical (unpaired) electrons. The van der Waals surface area contributed by atoms with E-state index in [-0.39, 0.29) is 11.8 Å². The van der Waals surface area contributed by atoms with Gasteiger partial charge in [-0.05, 0) is 13.0 Å². The topological polar surface area (TPSA) is 69.6 Å². The molecule has 80 valence electrons. The maximum atomic E-state index is 11.4. The van der Waals surface area contributed by atoms with Gasteiger partial charge < -0.3 is 15.3 Å². The molecule has 1 rings (SSSR count). The van der Waals surface area contributed by atoms with Crippen molar-refractivity contribution >= 4 is 11.9 Å². The van der Waals surface area contributed by atoms with Crippen LogP contribution in [0.25, 0.3) is 0 Å². The van der Waals surface area contributed by atoms with Crippen LogP contribution in [-0.2, 0) is 9.59 Å². The van der Waals surface area contributed by atoms with Gasteiger partial charge in [0.2, 0.25) is 5.91 Å². The summed E-state index contributed by atoms with van der Waals surface area (Å²) in [6, 6.07) is 0. The molecule has 0 saturated carbocycles. The standard InChI is InChI=1S/C9H16N2O3/c1-2-10-5-8(12)11-4-3-7(6-11)9(13)14/h7,10H,2-6H2,1H3,(H,13,14). The third-order valence-corrected chi connectivity index (χ3v) is 2.42. The van der Waals surface area contributed by atoms with E-state index in [1.165, 1.54) is 0 Å². The molecule has 1 aliphatic rings. The first-order valence-corrected chi connectivity index (χ1v) is 4.86. The fraction of sp³-hybridized carbons (Fsp3) is 0.778. The Bertz CT molecular complexity index is 230. The highest BCUT2D eigenvalue weighted by molar-refractivity contribution is 5.80. The fourth-order valence-electron chi connectivity index (χ4n) is 1.53. The highest BCUT2D eigenvalue weighted by atomic mass is 16.4. The molecule has 5 nitrogen and oxygen atoms in total. The Kier molecular flexibility index (Phi) is 3.88. The molecule has 0 spiro atoms. The summed E-state index contributed by atoms with van der Waals surface area (Å²) in [6.07, 6.45) is 0.577. The van der Waals surface area contributed by atoms with E-state index in [0.29, 0.717) is 26.1 Å². The van der Waals surface area contributed by atoms with E-state index in [1.807, 2.05) is 6.92 Å². The zero-order chi connectivity index (χ0) is 10.6. The number of amides is 1. The summed E-state index contributed by atoms with van der Waals surface area (Å²) < 4.78 is 0. The number of likely N-dealkylation sites (N-methyl/N-ethyl adjacent to an activating group) is 1. The van der Waals surface area contributed by atoms with Gasteiger partial charge in [-0.3, -0.25) is 9.59 Å². The molecule has 2 N–H and O–H groups in total. The first kappa shape index (κ1) is 11.0. The summed E-state index contributed by atoms with van der Waals surface area (Å²) in [4.78, 5) is 23.7. The lowest BCUT2D eigenvalue weighted by molar-refractivity contribution is -0.141. The summed E-state index contributed by atoms with van der Waals surface area (Å²) in [6.45, 7) is 3.92. The van der Waals surface area contributed by atoms with E-state index in [1.54, 1.807) is 4.90 Å². The molecule has 5 heteroatoms. The number of carboxylic acid groups (broad SMARTS) is 1. The van der Waals surface area contributed by atoms with Gasteiger partial charge in [0.05, 0.1) is 12.5 Å². The zero-order valence-electron chi connectivity index (χ0n) is 8.32. The van der Waals surface area contributed by atoms with Crippen LogP contribution in [0.5, 0.6) is 0 Å². The van der Waals surface area contributed by atoms with Crippen LogP contribution in [0.15, 0.2) is 0 Å². The number of carbonyl (C=O) groups is 2. The molecule has 1 fully saturated rings. The summed E-state index contributed by atoms with van der Waals surface area (Å²) in [5, 5.41) is 11.7. The molecule has 1 amide bonds. The molecule has 0 aliphatic carbocycles. The van der Waals surface area contributed by atoms with E-state index in [9.17, 15) is 9.59 Å². The number of carbonyl (C=O) groups excluding carboxylic acids is 1. The molecule has 0 aromatic carbocycles. The van der Waals surface area contributed by atoms with Crippen molar-refractivity contribution in [1.82, 2.24) is 10.2 Å². The Labute approximate surface area is 83.1 Å². The van der Waals surface area contributed by atoms with Crippen LogP contribution < -0.4 is 5.32 Å². The predicted molar refractivity (Wildman–Crippen MR) is 50.9 cm³/mol. The third-order valence-electron chi connectivity index (χ3n) is 2.42. The lowest BCUT2D eigenvalue weighted by Gasteiger charge is -2.15. The first-order valence-electron chi connectivity index (χ1n) is 4.86. The number of hydrogen-bond acceptors (Lipinski definition) is 3. The molecule has 0 aromatic heterocycles. The van der Waals surface area contributed by atoms with Crippen LogP contribution in [0.4, 0.5) is 0 Å². The van der Waals surface area contributed by atoms with Crippen LogP contribution in [0.3, 0.4) is 0 Å².